The second kappa shape index (κ2) is 3.91. The quantitative estimate of drug-likeness (QED) is 0.431. The molecule has 0 aromatic heterocycles. The molecule has 1 heteroatoms. The van der Waals surface area contributed by atoms with Crippen molar-refractivity contribution in [2.24, 2.45) is 0 Å². The fraction of sp³-hybridized carbons (Fsp3) is 0.800. The first-order valence-electron chi connectivity index (χ1n) is 4.79. The molecule has 0 aromatic rings. The predicted molar refractivity (Wildman–Crippen MR) is 49.2 cm³/mol. The van der Waals surface area contributed by atoms with E-state index in [1.54, 1.807) is 0 Å². The number of rotatable bonds is 4. The Labute approximate surface area is 70.3 Å². The van der Waals surface area contributed by atoms with E-state index in [4.69, 9.17) is 0 Å². The first-order chi connectivity index (χ1) is 5.27. The topological polar surface area (TPSA) is 0 Å². The molecular weight excluding hydrogens is 134 g/mol. The molecule has 1 aliphatic rings. The van der Waals surface area contributed by atoms with E-state index in [1.165, 1.54) is 43.3 Å². The van der Waals surface area contributed by atoms with Crippen LogP contribution in [0.15, 0.2) is 12.3 Å². The highest BCUT2D eigenvalue weighted by Crippen LogP contribution is 2.15. The SMILES string of the molecule is CCCCC[N+]1(C)C=CCC1. The Hall–Kier alpha value is -0.300. The molecule has 0 spiro atoms. The van der Waals surface area contributed by atoms with E-state index in [0.29, 0.717) is 0 Å². The Morgan fingerprint density at radius 1 is 1.36 bits per heavy atom. The number of hydrogen-bond acceptors (Lipinski definition) is 0. The van der Waals surface area contributed by atoms with Gasteiger partial charge >= 0.3 is 0 Å². The molecule has 1 nitrogen and oxygen atoms in total. The number of hydrogen-bond donors (Lipinski definition) is 0. The number of nitrogens with zero attached hydrogens (tertiary/aromatic N) is 1. The molecule has 0 N–H and O–H groups in total. The summed E-state index contributed by atoms with van der Waals surface area (Å²) in [6.07, 6.45) is 10.1. The van der Waals surface area contributed by atoms with Gasteiger partial charge in [-0.1, -0.05) is 13.3 Å². The van der Waals surface area contributed by atoms with Gasteiger partial charge in [-0.3, -0.25) is 4.48 Å². The zero-order valence-electron chi connectivity index (χ0n) is 7.84. The molecule has 0 radical (unpaired) electrons. The average Bonchev–Trinajstić information content (AvgIpc) is 2.38. The van der Waals surface area contributed by atoms with Gasteiger partial charge in [-0.05, 0) is 18.9 Å². The van der Waals surface area contributed by atoms with Gasteiger partial charge in [0.2, 0.25) is 0 Å². The van der Waals surface area contributed by atoms with Crippen LogP contribution in [0.2, 0.25) is 0 Å². The molecule has 0 saturated heterocycles. The van der Waals surface area contributed by atoms with Crippen LogP contribution in [0.25, 0.3) is 0 Å². The summed E-state index contributed by atoms with van der Waals surface area (Å²) < 4.78 is 1.18. The van der Waals surface area contributed by atoms with E-state index in [9.17, 15) is 0 Å². The molecule has 1 atom stereocenters. The van der Waals surface area contributed by atoms with Crippen LogP contribution in [0.4, 0.5) is 0 Å². The highest BCUT2D eigenvalue weighted by atomic mass is 15.3. The van der Waals surface area contributed by atoms with E-state index >= 15 is 0 Å². The molecule has 0 bridgehead atoms. The molecule has 1 unspecified atom stereocenters. The molecule has 1 heterocycles. The monoisotopic (exact) mass is 154 g/mol. The molecular formula is C10H20N+. The smallest absolute Gasteiger partial charge is 0.0918 e. The third-order valence-electron chi connectivity index (χ3n) is 2.54. The first-order valence-corrected chi connectivity index (χ1v) is 4.79. The van der Waals surface area contributed by atoms with E-state index < -0.39 is 0 Å². The summed E-state index contributed by atoms with van der Waals surface area (Å²) in [4.78, 5) is 0. The van der Waals surface area contributed by atoms with Crippen molar-refractivity contribution in [1.82, 2.24) is 0 Å². The van der Waals surface area contributed by atoms with Crippen LogP contribution in [-0.4, -0.2) is 24.6 Å². The summed E-state index contributed by atoms with van der Waals surface area (Å²) >= 11 is 0. The van der Waals surface area contributed by atoms with Gasteiger partial charge in [-0.25, -0.2) is 0 Å². The van der Waals surface area contributed by atoms with Gasteiger partial charge in [0.1, 0.15) is 0 Å². The molecule has 0 aliphatic carbocycles. The van der Waals surface area contributed by atoms with Gasteiger partial charge in [-0.2, -0.15) is 0 Å². The van der Waals surface area contributed by atoms with Crippen LogP contribution in [0.5, 0.6) is 0 Å². The predicted octanol–water partition coefficient (Wildman–Crippen LogP) is 2.54. The maximum Gasteiger partial charge on any atom is 0.0918 e. The van der Waals surface area contributed by atoms with Crippen LogP contribution in [0, 0.1) is 0 Å². The second-order valence-corrected chi connectivity index (χ2v) is 3.81. The van der Waals surface area contributed by atoms with E-state index in [-0.39, 0.29) is 0 Å². The van der Waals surface area contributed by atoms with Crippen LogP contribution in [0.3, 0.4) is 0 Å². The van der Waals surface area contributed by atoms with Crippen molar-refractivity contribution in [3.8, 4) is 0 Å². The van der Waals surface area contributed by atoms with Crippen LogP contribution >= 0.6 is 0 Å². The third-order valence-corrected chi connectivity index (χ3v) is 2.54. The minimum atomic E-state index is 1.18. The van der Waals surface area contributed by atoms with Crippen molar-refractivity contribution >= 4 is 0 Å². The molecule has 11 heavy (non-hydrogen) atoms. The zero-order chi connectivity index (χ0) is 8.16. The van der Waals surface area contributed by atoms with E-state index in [0.717, 1.165) is 0 Å². The normalized spacial score (nSPS) is 29.6. The Morgan fingerprint density at radius 3 is 2.73 bits per heavy atom. The molecule has 1 aliphatic heterocycles. The molecule has 64 valence electrons. The maximum absolute atomic E-state index is 2.36. The van der Waals surface area contributed by atoms with Gasteiger partial charge in [0.05, 0.1) is 26.3 Å². The van der Waals surface area contributed by atoms with E-state index in [1.807, 2.05) is 0 Å². The summed E-state index contributed by atoms with van der Waals surface area (Å²) in [5.74, 6) is 0. The molecule has 0 fully saturated rings. The summed E-state index contributed by atoms with van der Waals surface area (Å²) in [7, 11) is 2.33. The Morgan fingerprint density at radius 2 is 2.18 bits per heavy atom. The van der Waals surface area contributed by atoms with Gasteiger partial charge in [0.15, 0.2) is 0 Å². The minimum Gasteiger partial charge on any atom is -0.300 e. The average molecular weight is 154 g/mol. The third kappa shape index (κ3) is 2.66. The lowest BCUT2D eigenvalue weighted by molar-refractivity contribution is -0.854. The summed E-state index contributed by atoms with van der Waals surface area (Å²) in [6.45, 7) is 4.92. The lowest BCUT2D eigenvalue weighted by Crippen LogP contribution is -2.37. The van der Waals surface area contributed by atoms with Crippen molar-refractivity contribution in [2.45, 2.75) is 32.6 Å². The summed E-state index contributed by atoms with van der Waals surface area (Å²) in [5.41, 5.74) is 0. The molecule has 0 amide bonds. The van der Waals surface area contributed by atoms with Gasteiger partial charge < -0.3 is 0 Å². The molecule has 0 aromatic carbocycles. The summed E-state index contributed by atoms with van der Waals surface area (Å²) in [5, 5.41) is 0. The van der Waals surface area contributed by atoms with Crippen LogP contribution in [0.1, 0.15) is 32.6 Å². The fourth-order valence-electron chi connectivity index (χ4n) is 1.68. The van der Waals surface area contributed by atoms with Crippen LogP contribution < -0.4 is 0 Å². The maximum atomic E-state index is 2.36. The second-order valence-electron chi connectivity index (χ2n) is 3.81. The largest absolute Gasteiger partial charge is 0.300 e. The van der Waals surface area contributed by atoms with Crippen molar-refractivity contribution in [1.29, 1.82) is 0 Å². The van der Waals surface area contributed by atoms with Crippen molar-refractivity contribution < 1.29 is 4.48 Å². The number of unbranched alkanes of at least 4 members (excludes halogenated alkanes) is 2. The van der Waals surface area contributed by atoms with E-state index in [2.05, 4.69) is 26.2 Å². The van der Waals surface area contributed by atoms with Crippen molar-refractivity contribution in [3.63, 3.8) is 0 Å². The van der Waals surface area contributed by atoms with Crippen LogP contribution in [-0.2, 0) is 0 Å². The lowest BCUT2D eigenvalue weighted by atomic mass is 10.2. The minimum absolute atomic E-state index is 1.18. The van der Waals surface area contributed by atoms with Crippen molar-refractivity contribution in [3.05, 3.63) is 12.3 Å². The zero-order valence-corrected chi connectivity index (χ0v) is 7.84. The first kappa shape index (κ1) is 8.79. The molecule has 1 rings (SSSR count). The standard InChI is InChI=1S/C10H20N/c1-3-4-5-8-11(2)9-6-7-10-11/h6,9H,3-5,7-8,10H2,1-2H3/q+1. The fourth-order valence-corrected chi connectivity index (χ4v) is 1.68. The summed E-state index contributed by atoms with van der Waals surface area (Å²) in [6, 6.07) is 0. The number of quaternary nitrogens is 1. The van der Waals surface area contributed by atoms with Gasteiger partial charge in [0, 0.05) is 6.42 Å². The Balaban J connectivity index is 2.18. The Bertz CT molecular complexity index is 140. The highest BCUT2D eigenvalue weighted by Gasteiger charge is 2.20. The Kier molecular flexibility index (Phi) is 3.13. The van der Waals surface area contributed by atoms with Gasteiger partial charge in [0.25, 0.3) is 0 Å². The van der Waals surface area contributed by atoms with Crippen molar-refractivity contribution in [2.75, 3.05) is 20.1 Å². The highest BCUT2D eigenvalue weighted by molar-refractivity contribution is 4.80. The molecule has 0 saturated carbocycles. The lowest BCUT2D eigenvalue weighted by Gasteiger charge is -2.26. The van der Waals surface area contributed by atoms with Gasteiger partial charge in [-0.15, -0.1) is 0 Å².